The summed E-state index contributed by atoms with van der Waals surface area (Å²) in [5.74, 6) is 1.14. The standard InChI is InChI=1S/C13H10ClN3OS/c1-7-6-9-11(16-13(14)17-12(9)19-7)18-10-4-3-5-15-8(10)2/h3-6H,1-2H3. The van der Waals surface area contributed by atoms with Gasteiger partial charge in [0.2, 0.25) is 11.2 Å². The van der Waals surface area contributed by atoms with Crippen molar-refractivity contribution < 1.29 is 4.74 Å². The van der Waals surface area contributed by atoms with Gasteiger partial charge in [0.25, 0.3) is 0 Å². The molecule has 0 spiro atoms. The van der Waals surface area contributed by atoms with Crippen LogP contribution >= 0.6 is 22.9 Å². The normalized spacial score (nSPS) is 10.9. The molecule has 0 radical (unpaired) electrons. The van der Waals surface area contributed by atoms with Crippen molar-refractivity contribution in [3.8, 4) is 11.6 Å². The highest BCUT2D eigenvalue weighted by Crippen LogP contribution is 2.33. The van der Waals surface area contributed by atoms with Crippen LogP contribution < -0.4 is 4.74 Å². The minimum absolute atomic E-state index is 0.186. The van der Waals surface area contributed by atoms with E-state index in [2.05, 4.69) is 15.0 Å². The van der Waals surface area contributed by atoms with E-state index in [0.29, 0.717) is 11.6 Å². The van der Waals surface area contributed by atoms with Crippen LogP contribution in [0.15, 0.2) is 24.4 Å². The van der Waals surface area contributed by atoms with Gasteiger partial charge >= 0.3 is 0 Å². The fraction of sp³-hybridized carbons (Fsp3) is 0.154. The molecule has 0 unspecified atom stereocenters. The van der Waals surface area contributed by atoms with Gasteiger partial charge < -0.3 is 4.74 Å². The second-order valence-corrected chi connectivity index (χ2v) is 5.64. The molecule has 4 nitrogen and oxygen atoms in total. The molecule has 3 heterocycles. The zero-order valence-electron chi connectivity index (χ0n) is 10.3. The highest BCUT2D eigenvalue weighted by molar-refractivity contribution is 7.18. The third-order valence-electron chi connectivity index (χ3n) is 2.62. The third kappa shape index (κ3) is 2.39. The van der Waals surface area contributed by atoms with E-state index in [1.807, 2.05) is 32.0 Å². The predicted octanol–water partition coefficient (Wildman–Crippen LogP) is 4.15. The van der Waals surface area contributed by atoms with Crippen molar-refractivity contribution >= 4 is 33.2 Å². The first-order chi connectivity index (χ1) is 9.13. The van der Waals surface area contributed by atoms with Crippen molar-refractivity contribution in [3.63, 3.8) is 0 Å². The lowest BCUT2D eigenvalue weighted by Crippen LogP contribution is -1.94. The molecule has 0 N–H and O–H groups in total. The predicted molar refractivity (Wildman–Crippen MR) is 76.2 cm³/mol. The van der Waals surface area contributed by atoms with Gasteiger partial charge in [-0.1, -0.05) is 0 Å². The minimum atomic E-state index is 0.186. The molecule has 0 aliphatic heterocycles. The number of aryl methyl sites for hydroxylation is 2. The van der Waals surface area contributed by atoms with Crippen LogP contribution in [0, 0.1) is 13.8 Å². The number of fused-ring (bicyclic) bond motifs is 1. The van der Waals surface area contributed by atoms with Gasteiger partial charge in [0.15, 0.2) is 5.75 Å². The van der Waals surface area contributed by atoms with E-state index in [9.17, 15) is 0 Å². The zero-order valence-corrected chi connectivity index (χ0v) is 11.9. The van der Waals surface area contributed by atoms with Crippen molar-refractivity contribution in [1.29, 1.82) is 0 Å². The lowest BCUT2D eigenvalue weighted by atomic mass is 10.3. The summed E-state index contributed by atoms with van der Waals surface area (Å²) >= 11 is 7.49. The van der Waals surface area contributed by atoms with Crippen LogP contribution in [0.25, 0.3) is 10.2 Å². The van der Waals surface area contributed by atoms with E-state index in [1.165, 1.54) is 0 Å². The average molecular weight is 292 g/mol. The van der Waals surface area contributed by atoms with Crippen LogP contribution in [-0.2, 0) is 0 Å². The second-order valence-electron chi connectivity index (χ2n) is 4.06. The van der Waals surface area contributed by atoms with Crippen LogP contribution in [0.4, 0.5) is 0 Å². The number of aromatic nitrogens is 3. The van der Waals surface area contributed by atoms with Gasteiger partial charge in [-0.15, -0.1) is 11.3 Å². The lowest BCUT2D eigenvalue weighted by molar-refractivity contribution is 0.462. The summed E-state index contributed by atoms with van der Waals surface area (Å²) in [6, 6.07) is 5.67. The zero-order chi connectivity index (χ0) is 13.4. The molecule has 3 aromatic heterocycles. The number of ether oxygens (including phenoxy) is 1. The average Bonchev–Trinajstić information content (AvgIpc) is 2.72. The van der Waals surface area contributed by atoms with E-state index < -0.39 is 0 Å². The Morgan fingerprint density at radius 3 is 2.89 bits per heavy atom. The Kier molecular flexibility index (Phi) is 3.08. The molecular weight excluding hydrogens is 282 g/mol. The molecule has 19 heavy (non-hydrogen) atoms. The summed E-state index contributed by atoms with van der Waals surface area (Å²) < 4.78 is 5.83. The first kappa shape index (κ1) is 12.3. The fourth-order valence-corrected chi connectivity index (χ4v) is 2.83. The number of hydrogen-bond donors (Lipinski definition) is 0. The van der Waals surface area contributed by atoms with Gasteiger partial charge in [0, 0.05) is 11.1 Å². The summed E-state index contributed by atoms with van der Waals surface area (Å²) in [7, 11) is 0. The van der Waals surface area contributed by atoms with Crippen LogP contribution in [0.2, 0.25) is 5.28 Å². The molecule has 0 aromatic carbocycles. The molecule has 0 bridgehead atoms. The first-order valence-corrected chi connectivity index (χ1v) is 6.86. The molecule has 6 heteroatoms. The van der Waals surface area contributed by atoms with E-state index in [0.717, 1.165) is 20.8 Å². The molecule has 0 amide bonds. The number of halogens is 1. The Morgan fingerprint density at radius 1 is 1.26 bits per heavy atom. The summed E-state index contributed by atoms with van der Waals surface area (Å²) in [5, 5.41) is 1.06. The van der Waals surface area contributed by atoms with E-state index >= 15 is 0 Å². The molecular formula is C13H10ClN3OS. The molecule has 96 valence electrons. The van der Waals surface area contributed by atoms with Gasteiger partial charge in [-0.25, -0.2) is 4.98 Å². The Bertz CT molecular complexity index is 757. The Morgan fingerprint density at radius 2 is 2.11 bits per heavy atom. The third-order valence-corrected chi connectivity index (χ3v) is 3.73. The monoisotopic (exact) mass is 291 g/mol. The Balaban J connectivity index is 2.12. The first-order valence-electron chi connectivity index (χ1n) is 5.66. The largest absolute Gasteiger partial charge is 0.436 e. The molecule has 0 fully saturated rings. The quantitative estimate of drug-likeness (QED) is 0.666. The smallest absolute Gasteiger partial charge is 0.232 e. The van der Waals surface area contributed by atoms with Crippen LogP contribution in [0.1, 0.15) is 10.6 Å². The van der Waals surface area contributed by atoms with Gasteiger partial charge in [0.1, 0.15) is 4.83 Å². The van der Waals surface area contributed by atoms with Crippen molar-refractivity contribution in [3.05, 3.63) is 40.3 Å². The van der Waals surface area contributed by atoms with Crippen LogP contribution in [-0.4, -0.2) is 15.0 Å². The van der Waals surface area contributed by atoms with Gasteiger partial charge in [0.05, 0.1) is 11.1 Å². The number of rotatable bonds is 2. The SMILES string of the molecule is Cc1cc2c(Oc3cccnc3C)nc(Cl)nc2s1. The van der Waals surface area contributed by atoms with Crippen LogP contribution in [0.3, 0.4) is 0 Å². The Labute approximate surface area is 119 Å². The van der Waals surface area contributed by atoms with Gasteiger partial charge in [-0.3, -0.25) is 4.98 Å². The second kappa shape index (κ2) is 4.75. The summed E-state index contributed by atoms with van der Waals surface area (Å²) in [4.78, 5) is 14.5. The van der Waals surface area contributed by atoms with E-state index in [-0.39, 0.29) is 5.28 Å². The summed E-state index contributed by atoms with van der Waals surface area (Å²) in [6.07, 6.45) is 1.72. The number of nitrogens with zero attached hydrogens (tertiary/aromatic N) is 3. The maximum atomic E-state index is 5.93. The van der Waals surface area contributed by atoms with Crippen LogP contribution in [0.5, 0.6) is 11.6 Å². The molecule has 0 aliphatic carbocycles. The van der Waals surface area contributed by atoms with Crippen molar-refractivity contribution in [2.75, 3.05) is 0 Å². The van der Waals surface area contributed by atoms with Crippen molar-refractivity contribution in [2.24, 2.45) is 0 Å². The number of hydrogen-bond acceptors (Lipinski definition) is 5. The van der Waals surface area contributed by atoms with Gasteiger partial charge in [-0.2, -0.15) is 4.98 Å². The highest BCUT2D eigenvalue weighted by Gasteiger charge is 2.12. The number of thiophene rings is 1. The fourth-order valence-electron chi connectivity index (χ4n) is 1.75. The van der Waals surface area contributed by atoms with Gasteiger partial charge in [-0.05, 0) is 43.6 Å². The molecule has 3 rings (SSSR count). The Hall–Kier alpha value is -1.72. The number of pyridine rings is 1. The van der Waals surface area contributed by atoms with E-state index in [4.69, 9.17) is 16.3 Å². The maximum absolute atomic E-state index is 5.93. The summed E-state index contributed by atoms with van der Waals surface area (Å²) in [6.45, 7) is 3.90. The van der Waals surface area contributed by atoms with Crippen molar-refractivity contribution in [2.45, 2.75) is 13.8 Å². The topological polar surface area (TPSA) is 47.9 Å². The molecule has 0 atom stereocenters. The highest BCUT2D eigenvalue weighted by atomic mass is 35.5. The maximum Gasteiger partial charge on any atom is 0.232 e. The lowest BCUT2D eigenvalue weighted by Gasteiger charge is -2.07. The molecule has 0 aliphatic rings. The van der Waals surface area contributed by atoms with E-state index in [1.54, 1.807) is 17.5 Å². The molecule has 0 saturated heterocycles. The molecule has 3 aromatic rings. The minimum Gasteiger partial charge on any atom is -0.436 e. The van der Waals surface area contributed by atoms with Crippen molar-refractivity contribution in [1.82, 2.24) is 15.0 Å². The summed E-state index contributed by atoms with van der Waals surface area (Å²) in [5.41, 5.74) is 0.803. The molecule has 0 saturated carbocycles.